The van der Waals surface area contributed by atoms with Gasteiger partial charge in [-0.05, 0) is 94.4 Å². The summed E-state index contributed by atoms with van der Waals surface area (Å²) in [5, 5.41) is 3.60. The molecule has 1 saturated carbocycles. The van der Waals surface area contributed by atoms with Crippen LogP contribution in [-0.4, -0.2) is 77.0 Å². The highest BCUT2D eigenvalue weighted by Crippen LogP contribution is 2.71. The van der Waals surface area contributed by atoms with Gasteiger partial charge in [-0.25, -0.2) is 4.79 Å². The number of allylic oxidation sites excluding steroid dienone is 1. The Hall–Kier alpha value is -3.05. The van der Waals surface area contributed by atoms with Gasteiger partial charge in [0.25, 0.3) is 0 Å². The maximum absolute atomic E-state index is 14.7. The lowest BCUT2D eigenvalue weighted by Gasteiger charge is -2.58. The van der Waals surface area contributed by atoms with Crippen molar-refractivity contribution >= 4 is 32.0 Å². The minimum Gasteiger partial charge on any atom is -0.497 e. The number of rotatable bonds is 7. The van der Waals surface area contributed by atoms with E-state index < -0.39 is 54.4 Å². The van der Waals surface area contributed by atoms with Crippen LogP contribution in [0.2, 0.25) is 18.1 Å². The van der Waals surface area contributed by atoms with Crippen molar-refractivity contribution in [2.24, 2.45) is 11.3 Å². The molecule has 1 amide bonds. The first kappa shape index (κ1) is 34.8. The molecule has 0 aromatic heterocycles. The van der Waals surface area contributed by atoms with Gasteiger partial charge in [0.15, 0.2) is 13.7 Å². The zero-order valence-corrected chi connectivity index (χ0v) is 30.1. The normalized spacial score (nSPS) is 25.8. The number of likely N-dealkylation sites (tertiary alicyclic amines) is 1. The number of benzene rings is 1. The lowest BCUT2D eigenvalue weighted by atomic mass is 9.45. The molecule has 1 aromatic carbocycles. The van der Waals surface area contributed by atoms with Gasteiger partial charge < -0.3 is 28.7 Å². The van der Waals surface area contributed by atoms with Crippen molar-refractivity contribution in [3.63, 3.8) is 0 Å². The average Bonchev–Trinajstić information content (AvgIpc) is 3.45. The Balaban J connectivity index is 2.03. The molecule has 2 heterocycles. The SMILES string of the molecule is C/C=C(/CO[Si](C)(C)C(C)(C)C)[C@@H]1CCC23Nc4ccc(OC)cc4[C@@]2(CCN3C(=O)OC(C)(C)C)C1(C(=O)OC)C(=O)OC. The minimum atomic E-state index is -2.21. The largest absolute Gasteiger partial charge is 0.497 e. The Labute approximate surface area is 269 Å². The molecular formula is C34H52N2O8Si. The van der Waals surface area contributed by atoms with Crippen molar-refractivity contribution in [1.29, 1.82) is 0 Å². The summed E-state index contributed by atoms with van der Waals surface area (Å²) < 4.78 is 29.5. The lowest BCUT2D eigenvalue weighted by molar-refractivity contribution is -0.189. The van der Waals surface area contributed by atoms with Crippen molar-refractivity contribution in [3.8, 4) is 5.75 Å². The Kier molecular flexibility index (Phi) is 9.00. The highest BCUT2D eigenvalue weighted by atomic mass is 28.4. The van der Waals surface area contributed by atoms with Gasteiger partial charge in [-0.2, -0.15) is 0 Å². The maximum Gasteiger partial charge on any atom is 0.412 e. The molecule has 1 aliphatic carbocycles. The lowest BCUT2D eigenvalue weighted by Crippen LogP contribution is -2.74. The Morgan fingerprint density at radius 3 is 2.16 bits per heavy atom. The second kappa shape index (κ2) is 11.6. The topological polar surface area (TPSA) is 113 Å². The van der Waals surface area contributed by atoms with E-state index >= 15 is 0 Å². The van der Waals surface area contributed by atoms with Gasteiger partial charge in [0.2, 0.25) is 0 Å². The number of carbonyl (C=O) groups excluding carboxylic acids is 3. The van der Waals surface area contributed by atoms with Gasteiger partial charge in [-0.1, -0.05) is 26.8 Å². The molecule has 1 N–H and O–H groups in total. The monoisotopic (exact) mass is 644 g/mol. The van der Waals surface area contributed by atoms with Crippen LogP contribution >= 0.6 is 0 Å². The summed E-state index contributed by atoms with van der Waals surface area (Å²) in [5.74, 6) is -1.50. The van der Waals surface area contributed by atoms with Crippen molar-refractivity contribution in [1.82, 2.24) is 4.90 Å². The summed E-state index contributed by atoms with van der Waals surface area (Å²) in [5.41, 5.74) is -2.89. The van der Waals surface area contributed by atoms with Crippen molar-refractivity contribution in [3.05, 3.63) is 35.4 Å². The van der Waals surface area contributed by atoms with Crippen LogP contribution in [-0.2, 0) is 33.6 Å². The summed E-state index contributed by atoms with van der Waals surface area (Å²) in [6.45, 7) is 18.7. The molecule has 4 rings (SSSR count). The third-order valence-corrected chi connectivity index (χ3v) is 15.2. The predicted octanol–water partition coefficient (Wildman–Crippen LogP) is 6.41. The summed E-state index contributed by atoms with van der Waals surface area (Å²) in [4.78, 5) is 44.9. The number of hydrogen-bond acceptors (Lipinski definition) is 9. The summed E-state index contributed by atoms with van der Waals surface area (Å²) in [7, 11) is 1.96. The Morgan fingerprint density at radius 2 is 1.64 bits per heavy atom. The zero-order chi connectivity index (χ0) is 33.8. The van der Waals surface area contributed by atoms with Gasteiger partial charge in [-0.3, -0.25) is 14.5 Å². The molecule has 2 aliphatic heterocycles. The van der Waals surface area contributed by atoms with E-state index in [1.165, 1.54) is 14.2 Å². The van der Waals surface area contributed by atoms with E-state index in [-0.39, 0.29) is 24.6 Å². The third kappa shape index (κ3) is 5.05. The second-order valence-electron chi connectivity index (χ2n) is 15.0. The molecule has 1 saturated heterocycles. The highest BCUT2D eigenvalue weighted by Gasteiger charge is 2.83. The summed E-state index contributed by atoms with van der Waals surface area (Å²) >= 11 is 0. The molecule has 250 valence electrons. The molecule has 10 nitrogen and oxygen atoms in total. The number of ether oxygens (including phenoxy) is 4. The molecule has 45 heavy (non-hydrogen) atoms. The molecule has 3 atom stereocenters. The van der Waals surface area contributed by atoms with Crippen molar-refractivity contribution < 1.29 is 37.8 Å². The van der Waals surface area contributed by atoms with Crippen LogP contribution in [0.25, 0.3) is 0 Å². The van der Waals surface area contributed by atoms with Gasteiger partial charge in [-0.15, -0.1) is 0 Å². The van der Waals surface area contributed by atoms with Crippen LogP contribution in [0.4, 0.5) is 10.5 Å². The van der Waals surface area contributed by atoms with Gasteiger partial charge >= 0.3 is 18.0 Å². The minimum absolute atomic E-state index is 0.0434. The van der Waals surface area contributed by atoms with E-state index in [2.05, 4.69) is 39.2 Å². The van der Waals surface area contributed by atoms with Gasteiger partial charge in [0.1, 0.15) is 17.0 Å². The fraction of sp³-hybridized carbons (Fsp3) is 0.676. The number of methoxy groups -OCH3 is 3. The fourth-order valence-corrected chi connectivity index (χ4v) is 8.68. The number of esters is 2. The maximum atomic E-state index is 14.7. The van der Waals surface area contributed by atoms with E-state index in [1.54, 1.807) is 12.0 Å². The summed E-state index contributed by atoms with van der Waals surface area (Å²) in [6.07, 6.45) is 2.52. The first-order chi connectivity index (χ1) is 20.8. The molecule has 1 unspecified atom stereocenters. The van der Waals surface area contributed by atoms with E-state index in [0.29, 0.717) is 29.8 Å². The number of amides is 1. The Morgan fingerprint density at radius 1 is 1.02 bits per heavy atom. The molecule has 0 spiro atoms. The van der Waals surface area contributed by atoms with Crippen LogP contribution < -0.4 is 10.1 Å². The van der Waals surface area contributed by atoms with Crippen LogP contribution in [0.15, 0.2) is 29.8 Å². The van der Waals surface area contributed by atoms with Crippen LogP contribution in [0.1, 0.15) is 73.3 Å². The smallest absolute Gasteiger partial charge is 0.412 e. The number of hydrogen-bond donors (Lipinski definition) is 1. The fourth-order valence-electron chi connectivity index (χ4n) is 7.72. The standard InChI is InChI=1S/C34H52N2O8Si/c1-13-22(21-43-45(11,12)31(5,6)7)24-16-17-33-32(34(24,27(37)41-9)28(38)42-10,18-19-36(33)29(39)44-30(2,3)4)25-20-23(40-8)14-15-26(25)35-33/h13-15,20,24,35H,16-19,21H2,1-12H3/b22-13-/t24-,32+,33?/m0/s1. The Bertz CT molecular complexity index is 1360. The van der Waals surface area contributed by atoms with Crippen molar-refractivity contribution in [2.45, 2.75) is 103 Å². The van der Waals surface area contributed by atoms with E-state index in [0.717, 1.165) is 5.57 Å². The molecule has 11 heteroatoms. The molecule has 1 aromatic rings. The van der Waals surface area contributed by atoms with Crippen LogP contribution in [0, 0.1) is 11.3 Å². The predicted molar refractivity (Wildman–Crippen MR) is 175 cm³/mol. The number of anilines is 1. The third-order valence-electron chi connectivity index (χ3n) is 10.7. The van der Waals surface area contributed by atoms with Crippen LogP contribution in [0.3, 0.4) is 0 Å². The first-order valence-corrected chi connectivity index (χ1v) is 18.7. The van der Waals surface area contributed by atoms with Crippen LogP contribution in [0.5, 0.6) is 5.75 Å². The van der Waals surface area contributed by atoms with Crippen molar-refractivity contribution in [2.75, 3.05) is 39.8 Å². The molecule has 0 radical (unpaired) electrons. The van der Waals surface area contributed by atoms with Gasteiger partial charge in [0.05, 0.1) is 33.4 Å². The summed E-state index contributed by atoms with van der Waals surface area (Å²) in [6, 6.07) is 5.57. The molecule has 0 bridgehead atoms. The van der Waals surface area contributed by atoms with E-state index in [4.69, 9.17) is 23.4 Å². The molecule has 2 fully saturated rings. The molecular weight excluding hydrogens is 592 g/mol. The van der Waals surface area contributed by atoms with E-state index in [9.17, 15) is 14.4 Å². The zero-order valence-electron chi connectivity index (χ0n) is 29.1. The number of carbonyl (C=O) groups is 3. The average molecular weight is 645 g/mol. The number of nitrogens with zero attached hydrogens (tertiary/aromatic N) is 1. The van der Waals surface area contributed by atoms with Gasteiger partial charge in [0, 0.05) is 18.2 Å². The highest BCUT2D eigenvalue weighted by molar-refractivity contribution is 6.74. The number of nitrogens with one attached hydrogen (secondary N) is 1. The van der Waals surface area contributed by atoms with E-state index in [1.807, 2.05) is 52.0 Å². The first-order valence-electron chi connectivity index (χ1n) is 15.8. The number of fused-ring (bicyclic) bond motifs is 1. The quantitative estimate of drug-likeness (QED) is 0.118. The molecule has 3 aliphatic rings. The second-order valence-corrected chi connectivity index (χ2v) is 19.8.